The summed E-state index contributed by atoms with van der Waals surface area (Å²) < 4.78 is 0. The van der Waals surface area contributed by atoms with E-state index in [-0.39, 0.29) is 0 Å². The van der Waals surface area contributed by atoms with Gasteiger partial charge in [-0.15, -0.1) is 0 Å². The van der Waals surface area contributed by atoms with Crippen molar-refractivity contribution in [3.8, 4) is 11.1 Å². The van der Waals surface area contributed by atoms with E-state index in [0.29, 0.717) is 0 Å². The molecule has 0 saturated carbocycles. The van der Waals surface area contributed by atoms with Gasteiger partial charge >= 0.3 is 0 Å². The van der Waals surface area contributed by atoms with E-state index >= 15 is 0 Å². The van der Waals surface area contributed by atoms with Crippen LogP contribution in [0.1, 0.15) is 5.56 Å². The van der Waals surface area contributed by atoms with Crippen LogP contribution in [0.4, 0.5) is 28.4 Å². The lowest BCUT2D eigenvalue weighted by atomic mass is 10.0. The lowest BCUT2D eigenvalue weighted by molar-refractivity contribution is 1.30. The number of fused-ring (bicyclic) bond motifs is 2. The summed E-state index contributed by atoms with van der Waals surface area (Å²) in [5.41, 5.74) is 9.49. The maximum atomic E-state index is 3.45. The van der Waals surface area contributed by atoms with Crippen LogP contribution in [0.15, 0.2) is 194 Å². The van der Waals surface area contributed by atoms with Gasteiger partial charge in [-0.1, -0.05) is 151 Å². The first-order valence-corrected chi connectivity index (χ1v) is 16.0. The molecule has 8 aromatic rings. The molecular formula is C45H36N2. The third-order valence-corrected chi connectivity index (χ3v) is 8.37. The summed E-state index contributed by atoms with van der Waals surface area (Å²) in [5.74, 6) is 0. The monoisotopic (exact) mass is 604 g/mol. The highest BCUT2D eigenvalue weighted by atomic mass is 15.1. The Hall–Kier alpha value is -6.12. The average Bonchev–Trinajstić information content (AvgIpc) is 3.14. The van der Waals surface area contributed by atoms with Crippen LogP contribution in [0, 0.1) is 6.92 Å². The van der Waals surface area contributed by atoms with Crippen molar-refractivity contribution >= 4 is 50.0 Å². The van der Waals surface area contributed by atoms with Crippen LogP contribution >= 0.6 is 0 Å². The average molecular weight is 605 g/mol. The summed E-state index contributed by atoms with van der Waals surface area (Å²) >= 11 is 0. The molecule has 0 aliphatic heterocycles. The van der Waals surface area contributed by atoms with Crippen LogP contribution in [0.5, 0.6) is 0 Å². The van der Waals surface area contributed by atoms with Gasteiger partial charge in [-0.3, -0.25) is 0 Å². The molecule has 226 valence electrons. The quantitative estimate of drug-likeness (QED) is 0.203. The summed E-state index contributed by atoms with van der Waals surface area (Å²) in [6, 6.07) is 68.1. The van der Waals surface area contributed by atoms with Crippen LogP contribution in [0.25, 0.3) is 32.7 Å². The summed E-state index contributed by atoms with van der Waals surface area (Å²) in [6.07, 6.45) is 0. The molecule has 0 aliphatic rings. The first kappa shape index (κ1) is 29.6. The van der Waals surface area contributed by atoms with Crippen LogP contribution in [0.2, 0.25) is 0 Å². The number of nitrogens with zero attached hydrogens (tertiary/aromatic N) is 1. The highest BCUT2D eigenvalue weighted by Crippen LogP contribution is 2.39. The maximum Gasteiger partial charge on any atom is 0.0540 e. The Balaban J connectivity index is 0.000000174. The van der Waals surface area contributed by atoms with E-state index in [0.717, 1.165) is 22.7 Å². The Morgan fingerprint density at radius 2 is 0.872 bits per heavy atom. The normalized spacial score (nSPS) is 10.7. The lowest BCUT2D eigenvalue weighted by Gasteiger charge is -2.27. The highest BCUT2D eigenvalue weighted by molar-refractivity contribution is 5.99. The Morgan fingerprint density at radius 1 is 0.383 bits per heavy atom. The molecule has 0 radical (unpaired) electrons. The fourth-order valence-electron chi connectivity index (χ4n) is 5.97. The number of hydrogen-bond donors (Lipinski definition) is 1. The lowest BCUT2D eigenvalue weighted by Crippen LogP contribution is -2.10. The highest BCUT2D eigenvalue weighted by Gasteiger charge is 2.15. The Kier molecular flexibility index (Phi) is 8.74. The molecule has 2 nitrogen and oxygen atoms in total. The van der Waals surface area contributed by atoms with Crippen molar-refractivity contribution in [2.75, 3.05) is 10.2 Å². The standard InChI is InChI=1S/C29H23N.C16H13N/c1-22-14-16-23(17-15-22)24-18-20-27(21-19-24)30(26-10-3-2-4-11-26)29-13-7-9-25-8-5-6-12-28(25)29;1-2-9-14(10-3-1)17-16-12-6-8-13-7-4-5-11-15(13)16/h2-21H,1H3;1-12,17H. The molecule has 8 rings (SSSR count). The second-order valence-corrected chi connectivity index (χ2v) is 11.6. The third kappa shape index (κ3) is 6.78. The minimum Gasteiger partial charge on any atom is -0.355 e. The molecule has 0 spiro atoms. The van der Waals surface area contributed by atoms with Crippen LogP contribution < -0.4 is 10.2 Å². The van der Waals surface area contributed by atoms with Gasteiger partial charge in [0, 0.05) is 33.5 Å². The van der Waals surface area contributed by atoms with E-state index in [1.165, 1.54) is 43.9 Å². The molecule has 0 atom stereocenters. The summed E-state index contributed by atoms with van der Waals surface area (Å²) in [6.45, 7) is 2.12. The predicted molar refractivity (Wildman–Crippen MR) is 202 cm³/mol. The van der Waals surface area contributed by atoms with E-state index in [9.17, 15) is 0 Å². The first-order chi connectivity index (χ1) is 23.2. The van der Waals surface area contributed by atoms with Gasteiger partial charge in [0.1, 0.15) is 0 Å². The molecule has 0 heterocycles. The Labute approximate surface area is 277 Å². The van der Waals surface area contributed by atoms with E-state index in [1.54, 1.807) is 0 Å². The van der Waals surface area contributed by atoms with Gasteiger partial charge in [-0.05, 0) is 77.4 Å². The van der Waals surface area contributed by atoms with E-state index in [1.807, 2.05) is 18.2 Å². The zero-order valence-corrected chi connectivity index (χ0v) is 26.4. The van der Waals surface area contributed by atoms with E-state index < -0.39 is 0 Å². The zero-order chi connectivity index (χ0) is 31.8. The summed E-state index contributed by atoms with van der Waals surface area (Å²) in [5, 5.41) is 8.44. The smallest absolute Gasteiger partial charge is 0.0540 e. The second-order valence-electron chi connectivity index (χ2n) is 11.6. The molecule has 47 heavy (non-hydrogen) atoms. The van der Waals surface area contributed by atoms with E-state index in [4.69, 9.17) is 0 Å². The minimum absolute atomic E-state index is 1.11. The molecule has 0 bridgehead atoms. The Bertz CT molecular complexity index is 2190. The topological polar surface area (TPSA) is 15.3 Å². The van der Waals surface area contributed by atoms with Gasteiger partial charge < -0.3 is 10.2 Å². The van der Waals surface area contributed by atoms with Crippen LogP contribution in [-0.4, -0.2) is 0 Å². The van der Waals surface area contributed by atoms with Gasteiger partial charge in [0.2, 0.25) is 0 Å². The van der Waals surface area contributed by atoms with Crippen LogP contribution in [-0.2, 0) is 0 Å². The second kappa shape index (κ2) is 13.9. The molecule has 0 aliphatic carbocycles. The van der Waals surface area contributed by atoms with Crippen molar-refractivity contribution in [3.63, 3.8) is 0 Å². The van der Waals surface area contributed by atoms with Gasteiger partial charge in [0.15, 0.2) is 0 Å². The fourth-order valence-corrected chi connectivity index (χ4v) is 5.97. The van der Waals surface area contributed by atoms with Crippen molar-refractivity contribution in [2.24, 2.45) is 0 Å². The summed E-state index contributed by atoms with van der Waals surface area (Å²) in [7, 11) is 0. The largest absolute Gasteiger partial charge is 0.355 e. The molecule has 0 fully saturated rings. The van der Waals surface area contributed by atoms with Gasteiger partial charge in [0.25, 0.3) is 0 Å². The van der Waals surface area contributed by atoms with Gasteiger partial charge in [-0.25, -0.2) is 0 Å². The van der Waals surface area contributed by atoms with Crippen molar-refractivity contribution in [2.45, 2.75) is 6.92 Å². The van der Waals surface area contributed by atoms with Gasteiger partial charge in [-0.2, -0.15) is 0 Å². The maximum absolute atomic E-state index is 3.45. The van der Waals surface area contributed by atoms with Crippen molar-refractivity contribution in [3.05, 3.63) is 200 Å². The molecule has 0 amide bonds. The summed E-state index contributed by atoms with van der Waals surface area (Å²) in [4.78, 5) is 2.33. The number of benzene rings is 8. The minimum atomic E-state index is 1.11. The van der Waals surface area contributed by atoms with Crippen molar-refractivity contribution in [1.82, 2.24) is 0 Å². The van der Waals surface area contributed by atoms with Gasteiger partial charge in [0.05, 0.1) is 5.69 Å². The molecule has 8 aromatic carbocycles. The first-order valence-electron chi connectivity index (χ1n) is 16.0. The number of para-hydroxylation sites is 2. The molecule has 0 aromatic heterocycles. The molecule has 1 N–H and O–H groups in total. The molecule has 0 saturated heterocycles. The molecule has 0 unspecified atom stereocenters. The molecule has 2 heteroatoms. The van der Waals surface area contributed by atoms with Crippen molar-refractivity contribution < 1.29 is 0 Å². The fraction of sp³-hybridized carbons (Fsp3) is 0.0222. The van der Waals surface area contributed by atoms with Crippen LogP contribution in [0.3, 0.4) is 0 Å². The number of nitrogens with one attached hydrogen (secondary N) is 1. The van der Waals surface area contributed by atoms with E-state index in [2.05, 4.69) is 193 Å². The molecular weight excluding hydrogens is 569 g/mol. The van der Waals surface area contributed by atoms with Crippen molar-refractivity contribution in [1.29, 1.82) is 0 Å². The third-order valence-electron chi connectivity index (χ3n) is 8.37. The Morgan fingerprint density at radius 3 is 1.55 bits per heavy atom. The number of aryl methyl sites for hydroxylation is 1. The number of hydrogen-bond acceptors (Lipinski definition) is 2. The predicted octanol–water partition coefficient (Wildman–Crippen LogP) is 12.9. The number of rotatable bonds is 6. The number of anilines is 5. The zero-order valence-electron chi connectivity index (χ0n) is 26.4. The SMILES string of the molecule is Cc1ccc(-c2ccc(N(c3ccccc3)c3cccc4ccccc34)cc2)cc1.c1ccc(Nc2cccc3ccccc23)cc1.